The summed E-state index contributed by atoms with van der Waals surface area (Å²) >= 11 is 5.22. The second kappa shape index (κ2) is 5.54. The topological polar surface area (TPSA) is 45.5 Å². The van der Waals surface area contributed by atoms with E-state index < -0.39 is 0 Å². The van der Waals surface area contributed by atoms with Crippen LogP contribution in [0.3, 0.4) is 0 Å². The molecule has 4 nitrogen and oxygen atoms in total. The quantitative estimate of drug-likeness (QED) is 0.699. The van der Waals surface area contributed by atoms with Gasteiger partial charge in [-0.25, -0.2) is 0 Å². The zero-order chi connectivity index (χ0) is 14.8. The summed E-state index contributed by atoms with van der Waals surface area (Å²) in [6.45, 7) is 2.35. The van der Waals surface area contributed by atoms with Crippen LogP contribution in [-0.2, 0) is 11.3 Å². The molecule has 2 aromatic rings. The predicted octanol–water partition coefficient (Wildman–Crippen LogP) is 2.85. The molecule has 1 aromatic heterocycles. The molecule has 1 aliphatic heterocycles. The van der Waals surface area contributed by atoms with Crippen LogP contribution in [0.1, 0.15) is 16.9 Å². The smallest absolute Gasteiger partial charge is 0.276 e. The van der Waals surface area contributed by atoms with E-state index >= 15 is 0 Å². The average Bonchev–Trinajstić information content (AvgIpc) is 3.04. The number of aryl methyl sites for hydroxylation is 1. The van der Waals surface area contributed by atoms with Crippen LogP contribution in [0.4, 0.5) is 0 Å². The lowest BCUT2D eigenvalue weighted by Crippen LogP contribution is -2.29. The van der Waals surface area contributed by atoms with Crippen LogP contribution in [0.5, 0.6) is 0 Å². The summed E-state index contributed by atoms with van der Waals surface area (Å²) in [6.07, 6.45) is 3.39. The Morgan fingerprint density at radius 2 is 2.19 bits per heavy atom. The van der Waals surface area contributed by atoms with Crippen molar-refractivity contribution in [3.05, 3.63) is 65.2 Å². The molecule has 1 N–H and O–H groups in total. The number of benzene rings is 1. The number of rotatable bonds is 3. The third kappa shape index (κ3) is 2.87. The first-order valence-corrected chi connectivity index (χ1v) is 6.98. The lowest BCUT2D eigenvalue weighted by molar-refractivity contribution is -0.122. The Morgan fingerprint density at radius 3 is 2.90 bits per heavy atom. The minimum Gasteiger partial charge on any atom is -0.467 e. The van der Waals surface area contributed by atoms with Gasteiger partial charge in [0.05, 0.1) is 12.8 Å². The number of carbonyl (C=O) groups excluding carboxylic acids is 1. The van der Waals surface area contributed by atoms with Crippen molar-refractivity contribution >= 4 is 29.3 Å². The average molecular weight is 298 g/mol. The fourth-order valence-corrected chi connectivity index (χ4v) is 2.46. The SMILES string of the molecule is Cc1cccc(/C=C2\NC(=S)N(Cc3ccco3)C2=O)c1. The van der Waals surface area contributed by atoms with Crippen LogP contribution in [0.15, 0.2) is 52.8 Å². The molecule has 0 bridgehead atoms. The van der Waals surface area contributed by atoms with E-state index in [1.54, 1.807) is 12.3 Å². The van der Waals surface area contributed by atoms with Gasteiger partial charge in [-0.1, -0.05) is 29.8 Å². The molecular weight excluding hydrogens is 284 g/mol. The highest BCUT2D eigenvalue weighted by atomic mass is 32.1. The summed E-state index contributed by atoms with van der Waals surface area (Å²) in [6, 6.07) is 11.5. The summed E-state index contributed by atoms with van der Waals surface area (Å²) < 4.78 is 5.26. The second-order valence-corrected chi connectivity index (χ2v) is 5.26. The lowest BCUT2D eigenvalue weighted by Gasteiger charge is -2.11. The van der Waals surface area contributed by atoms with E-state index in [0.717, 1.165) is 11.1 Å². The van der Waals surface area contributed by atoms with Crippen LogP contribution in [-0.4, -0.2) is 15.9 Å². The molecule has 2 heterocycles. The summed E-state index contributed by atoms with van der Waals surface area (Å²) in [5, 5.41) is 3.36. The normalized spacial score (nSPS) is 16.6. The van der Waals surface area contributed by atoms with Crippen LogP contribution in [0.25, 0.3) is 6.08 Å². The third-order valence-corrected chi connectivity index (χ3v) is 3.53. The number of hydrogen-bond donors (Lipinski definition) is 1. The van der Waals surface area contributed by atoms with Crippen molar-refractivity contribution in [3.63, 3.8) is 0 Å². The fraction of sp³-hybridized carbons (Fsp3) is 0.125. The second-order valence-electron chi connectivity index (χ2n) is 4.87. The number of hydrogen-bond acceptors (Lipinski definition) is 3. The molecule has 106 valence electrons. The largest absolute Gasteiger partial charge is 0.467 e. The highest BCUT2D eigenvalue weighted by molar-refractivity contribution is 7.80. The first-order chi connectivity index (χ1) is 10.1. The Hall–Kier alpha value is -2.40. The first-order valence-electron chi connectivity index (χ1n) is 6.57. The summed E-state index contributed by atoms with van der Waals surface area (Å²) in [5.74, 6) is 0.558. The molecule has 0 aliphatic carbocycles. The Bertz CT molecular complexity index is 720. The molecule has 0 saturated carbocycles. The van der Waals surface area contributed by atoms with E-state index in [2.05, 4.69) is 5.32 Å². The van der Waals surface area contributed by atoms with E-state index in [1.807, 2.05) is 43.3 Å². The van der Waals surface area contributed by atoms with Gasteiger partial charge in [0.25, 0.3) is 5.91 Å². The number of nitrogens with zero attached hydrogens (tertiary/aromatic N) is 1. The van der Waals surface area contributed by atoms with E-state index in [0.29, 0.717) is 23.1 Å². The van der Waals surface area contributed by atoms with E-state index in [-0.39, 0.29) is 5.91 Å². The molecule has 1 fully saturated rings. The lowest BCUT2D eigenvalue weighted by atomic mass is 10.1. The molecule has 1 saturated heterocycles. The van der Waals surface area contributed by atoms with Gasteiger partial charge in [0.1, 0.15) is 11.5 Å². The zero-order valence-corrected chi connectivity index (χ0v) is 12.3. The molecule has 0 spiro atoms. The highest BCUT2D eigenvalue weighted by Gasteiger charge is 2.31. The van der Waals surface area contributed by atoms with Gasteiger partial charge in [-0.15, -0.1) is 0 Å². The Labute approximate surface area is 128 Å². The molecule has 0 unspecified atom stereocenters. The number of carbonyl (C=O) groups is 1. The van der Waals surface area contributed by atoms with Gasteiger partial charge in [-0.05, 0) is 42.9 Å². The molecule has 0 atom stereocenters. The number of amides is 1. The van der Waals surface area contributed by atoms with E-state index in [1.165, 1.54) is 4.90 Å². The van der Waals surface area contributed by atoms with Crippen molar-refractivity contribution in [2.75, 3.05) is 0 Å². The minimum atomic E-state index is -0.141. The van der Waals surface area contributed by atoms with Crippen LogP contribution in [0.2, 0.25) is 0 Å². The number of thiocarbonyl (C=S) groups is 1. The maximum absolute atomic E-state index is 12.4. The van der Waals surface area contributed by atoms with Gasteiger partial charge in [0.15, 0.2) is 5.11 Å². The summed E-state index contributed by atoms with van der Waals surface area (Å²) in [5.41, 5.74) is 2.59. The third-order valence-electron chi connectivity index (χ3n) is 3.21. The monoisotopic (exact) mass is 298 g/mol. The Kier molecular flexibility index (Phi) is 3.58. The van der Waals surface area contributed by atoms with Gasteiger partial charge in [-0.2, -0.15) is 0 Å². The first kappa shape index (κ1) is 13.6. The van der Waals surface area contributed by atoms with Gasteiger partial charge >= 0.3 is 0 Å². The van der Waals surface area contributed by atoms with Crippen LogP contribution < -0.4 is 5.32 Å². The predicted molar refractivity (Wildman–Crippen MR) is 84.1 cm³/mol. The molecular formula is C16H14N2O2S. The van der Waals surface area contributed by atoms with Crippen LogP contribution in [0, 0.1) is 6.92 Å². The molecule has 21 heavy (non-hydrogen) atoms. The van der Waals surface area contributed by atoms with Gasteiger partial charge < -0.3 is 9.73 Å². The molecule has 1 amide bonds. The van der Waals surface area contributed by atoms with Gasteiger partial charge in [0.2, 0.25) is 0 Å². The standard InChI is InChI=1S/C16H14N2O2S/c1-11-4-2-5-12(8-11)9-14-15(19)18(16(21)17-14)10-13-6-3-7-20-13/h2-9H,10H2,1H3,(H,17,21)/b14-9-. The molecule has 1 aromatic carbocycles. The minimum absolute atomic E-state index is 0.141. The maximum atomic E-state index is 12.4. The van der Waals surface area contributed by atoms with Crippen molar-refractivity contribution in [3.8, 4) is 0 Å². The Balaban J connectivity index is 1.83. The fourth-order valence-electron chi connectivity index (χ4n) is 2.20. The zero-order valence-electron chi connectivity index (χ0n) is 11.5. The molecule has 0 radical (unpaired) electrons. The molecule has 5 heteroatoms. The van der Waals surface area contributed by atoms with Crippen LogP contribution >= 0.6 is 12.2 Å². The van der Waals surface area contributed by atoms with E-state index in [9.17, 15) is 4.79 Å². The molecule has 1 aliphatic rings. The van der Waals surface area contributed by atoms with Gasteiger partial charge in [-0.3, -0.25) is 9.69 Å². The van der Waals surface area contributed by atoms with Crippen molar-refractivity contribution in [1.29, 1.82) is 0 Å². The van der Waals surface area contributed by atoms with Crippen molar-refractivity contribution in [1.82, 2.24) is 10.2 Å². The van der Waals surface area contributed by atoms with E-state index in [4.69, 9.17) is 16.6 Å². The van der Waals surface area contributed by atoms with Crippen molar-refractivity contribution in [2.24, 2.45) is 0 Å². The summed E-state index contributed by atoms with van der Waals surface area (Å²) in [4.78, 5) is 13.9. The summed E-state index contributed by atoms with van der Waals surface area (Å²) in [7, 11) is 0. The maximum Gasteiger partial charge on any atom is 0.276 e. The van der Waals surface area contributed by atoms with Crippen molar-refractivity contribution in [2.45, 2.75) is 13.5 Å². The highest BCUT2D eigenvalue weighted by Crippen LogP contribution is 2.17. The van der Waals surface area contributed by atoms with Crippen molar-refractivity contribution < 1.29 is 9.21 Å². The number of furan rings is 1. The number of nitrogens with one attached hydrogen (secondary N) is 1. The molecule has 3 rings (SSSR count). The Morgan fingerprint density at radius 1 is 1.33 bits per heavy atom. The van der Waals surface area contributed by atoms with Gasteiger partial charge in [0, 0.05) is 0 Å².